The highest BCUT2D eigenvalue weighted by Crippen LogP contribution is 2.36. The van der Waals surface area contributed by atoms with Crippen LogP contribution in [-0.2, 0) is 9.59 Å². The van der Waals surface area contributed by atoms with Crippen LogP contribution >= 0.6 is 0 Å². The van der Waals surface area contributed by atoms with Crippen LogP contribution in [0.4, 0.5) is 37.7 Å². The summed E-state index contributed by atoms with van der Waals surface area (Å²) < 4.78 is 107. The van der Waals surface area contributed by atoms with E-state index in [1.54, 1.807) is 0 Å². The van der Waals surface area contributed by atoms with Gasteiger partial charge in [0, 0.05) is 30.6 Å². The topological polar surface area (TPSA) is 216 Å². The molecule has 6 N–H and O–H groups in total. The fourth-order valence-corrected chi connectivity index (χ4v) is 6.68. The first-order chi connectivity index (χ1) is 33.5. The van der Waals surface area contributed by atoms with Crippen molar-refractivity contribution in [3.05, 3.63) is 143 Å². The Labute approximate surface area is 403 Å². The van der Waals surface area contributed by atoms with Crippen molar-refractivity contribution in [3.63, 3.8) is 0 Å². The predicted octanol–water partition coefficient (Wildman–Crippen LogP) is 9.47. The molecule has 0 saturated carbocycles. The van der Waals surface area contributed by atoms with E-state index >= 15 is 0 Å². The lowest BCUT2D eigenvalue weighted by molar-refractivity contribution is -0.187. The van der Waals surface area contributed by atoms with Gasteiger partial charge in [-0.2, -0.15) is 26.3 Å². The molecule has 1 unspecified atom stereocenters. The molecule has 0 aromatic heterocycles. The molecule has 0 fully saturated rings. The Bertz CT molecular complexity index is 2700. The van der Waals surface area contributed by atoms with E-state index in [4.69, 9.17) is 39.9 Å². The van der Waals surface area contributed by atoms with Crippen LogP contribution in [0.3, 0.4) is 0 Å². The van der Waals surface area contributed by atoms with Gasteiger partial charge in [0.15, 0.2) is 28.8 Å². The molecule has 0 spiro atoms. The zero-order chi connectivity index (χ0) is 51.9. The molecule has 5 aromatic carbocycles. The summed E-state index contributed by atoms with van der Waals surface area (Å²) in [5.74, 6) is -7.65. The standard InChI is InChI=1S/C51H48F6N2O12/c1-66-44-25-31(6-18-42(44)70-47(62)33-9-14-39(15-10-33)68-23-3-21-49(52,53)54)5-13-38(60)30-41(35-27-36(58)29-37(59)28-35)51(64,65)46(61)20-8-32-7-19-43(45(26-32)67-2)71-48(63)34-11-16-40(17-12-34)69-24-4-22-50(55,56)57/h5-20,25-29,41,64-65H,3-4,21-24,30,58-59H2,1-2H3/b13-5+,20-8+. The van der Waals surface area contributed by atoms with Crippen molar-refractivity contribution >= 4 is 47.0 Å². The lowest BCUT2D eigenvalue weighted by Crippen LogP contribution is -2.44. The molecule has 0 aliphatic carbocycles. The second kappa shape index (κ2) is 24.1. The number of allylic oxidation sites excluding steroid dienone is 1. The number of halogens is 6. The first kappa shape index (κ1) is 54.1. The Morgan fingerprint density at radius 2 is 1.00 bits per heavy atom. The number of carbonyl (C=O) groups excluding carboxylic acids is 4. The van der Waals surface area contributed by atoms with E-state index in [1.807, 2.05) is 0 Å². The molecule has 0 aliphatic heterocycles. The zero-order valence-electron chi connectivity index (χ0n) is 38.1. The normalized spacial score (nSPS) is 12.4. The molecule has 0 heterocycles. The minimum Gasteiger partial charge on any atom is -0.494 e. The van der Waals surface area contributed by atoms with Crippen LogP contribution in [0, 0.1) is 0 Å². The molecule has 376 valence electrons. The highest BCUT2D eigenvalue weighted by Gasteiger charge is 2.42. The van der Waals surface area contributed by atoms with Crippen molar-refractivity contribution in [1.29, 1.82) is 0 Å². The van der Waals surface area contributed by atoms with Crippen molar-refractivity contribution in [2.24, 2.45) is 0 Å². The third kappa shape index (κ3) is 16.7. The number of benzene rings is 5. The first-order valence-electron chi connectivity index (χ1n) is 21.5. The van der Waals surface area contributed by atoms with E-state index in [9.17, 15) is 55.7 Å². The Hall–Kier alpha value is -7.84. The zero-order valence-corrected chi connectivity index (χ0v) is 38.1. The molecule has 0 radical (unpaired) electrons. The quantitative estimate of drug-likeness (QED) is 0.00912. The minimum absolute atomic E-state index is 0.0137. The van der Waals surface area contributed by atoms with E-state index in [1.165, 1.54) is 129 Å². The lowest BCUT2D eigenvalue weighted by atomic mass is 9.83. The Morgan fingerprint density at radius 1 is 0.577 bits per heavy atom. The predicted molar refractivity (Wildman–Crippen MR) is 248 cm³/mol. The van der Waals surface area contributed by atoms with Gasteiger partial charge >= 0.3 is 24.3 Å². The molecule has 14 nitrogen and oxygen atoms in total. The number of rotatable bonds is 23. The Kier molecular flexibility index (Phi) is 18.4. The van der Waals surface area contributed by atoms with E-state index in [2.05, 4.69) is 0 Å². The molecule has 0 saturated heterocycles. The SMILES string of the molecule is COc1cc(/C=C/C(=O)CC(c2cc(N)cc(N)c2)C(O)(O)C(=O)/C=C/c2ccc(OC(=O)c3ccc(OCCCC(F)(F)F)cc3)c(OC)c2)ccc1OC(=O)c1ccc(OCCCC(F)(F)F)cc1. The summed E-state index contributed by atoms with van der Waals surface area (Å²) in [6.07, 6.45) is -7.09. The smallest absolute Gasteiger partial charge is 0.389 e. The molecule has 0 bridgehead atoms. The van der Waals surface area contributed by atoms with Gasteiger partial charge in [0.2, 0.25) is 11.6 Å². The molecule has 5 rings (SSSR count). The number of methoxy groups -OCH3 is 2. The Morgan fingerprint density at radius 3 is 1.41 bits per heavy atom. The number of ether oxygens (including phenoxy) is 6. The van der Waals surface area contributed by atoms with E-state index < -0.39 is 66.8 Å². The third-order valence-corrected chi connectivity index (χ3v) is 10.3. The van der Waals surface area contributed by atoms with Crippen molar-refractivity contribution < 1.29 is 84.2 Å². The molecule has 0 amide bonds. The van der Waals surface area contributed by atoms with E-state index in [-0.39, 0.29) is 88.6 Å². The highest BCUT2D eigenvalue weighted by molar-refractivity contribution is 6.01. The maximum atomic E-state index is 13.6. The van der Waals surface area contributed by atoms with Gasteiger partial charge in [0.1, 0.15) is 11.5 Å². The number of hydrogen-bond acceptors (Lipinski definition) is 14. The molecule has 0 aliphatic rings. The van der Waals surface area contributed by atoms with Crippen LogP contribution < -0.4 is 39.9 Å². The number of esters is 2. The maximum absolute atomic E-state index is 13.6. The van der Waals surface area contributed by atoms with Crippen molar-refractivity contribution in [1.82, 2.24) is 0 Å². The molecular formula is C51H48F6N2O12. The van der Waals surface area contributed by atoms with Crippen LogP contribution in [0.1, 0.15) is 75.4 Å². The van der Waals surface area contributed by atoms with Gasteiger partial charge < -0.3 is 50.1 Å². The molecule has 1 atom stereocenters. The average Bonchev–Trinajstić information content (AvgIpc) is 3.32. The first-order valence-corrected chi connectivity index (χ1v) is 21.5. The van der Waals surface area contributed by atoms with Crippen LogP contribution in [0.2, 0.25) is 0 Å². The van der Waals surface area contributed by atoms with Crippen molar-refractivity contribution in [2.45, 2.75) is 56.2 Å². The van der Waals surface area contributed by atoms with Gasteiger partial charge in [-0.05, 0) is 133 Å². The van der Waals surface area contributed by atoms with E-state index in [0.717, 1.165) is 12.2 Å². The number of aliphatic hydroxyl groups is 2. The number of hydrogen-bond donors (Lipinski definition) is 4. The third-order valence-electron chi connectivity index (χ3n) is 10.3. The molecule has 20 heteroatoms. The summed E-state index contributed by atoms with van der Waals surface area (Å²) in [6, 6.07) is 23.7. The number of anilines is 2. The molecule has 5 aromatic rings. The number of carbonyl (C=O) groups is 4. The van der Waals surface area contributed by atoms with Crippen LogP contribution in [0.25, 0.3) is 12.2 Å². The number of alkyl halides is 6. The number of nitrogen functional groups attached to an aromatic ring is 2. The molecule has 71 heavy (non-hydrogen) atoms. The monoisotopic (exact) mass is 994 g/mol. The highest BCUT2D eigenvalue weighted by atomic mass is 19.4. The lowest BCUT2D eigenvalue weighted by Gasteiger charge is -2.29. The number of nitrogens with two attached hydrogens (primary N) is 2. The fourth-order valence-electron chi connectivity index (χ4n) is 6.68. The average molecular weight is 995 g/mol. The van der Waals surface area contributed by atoms with Gasteiger partial charge in [0.25, 0.3) is 0 Å². The van der Waals surface area contributed by atoms with Crippen LogP contribution in [-0.4, -0.2) is 79.3 Å². The van der Waals surface area contributed by atoms with Gasteiger partial charge in [-0.25, -0.2) is 9.59 Å². The summed E-state index contributed by atoms with van der Waals surface area (Å²) in [5.41, 5.74) is 13.2. The Balaban J connectivity index is 1.23. The number of ketones is 2. The summed E-state index contributed by atoms with van der Waals surface area (Å²) in [5, 5.41) is 22.9. The van der Waals surface area contributed by atoms with Crippen LogP contribution in [0.15, 0.2) is 115 Å². The molecular weight excluding hydrogens is 947 g/mol. The second-order valence-corrected chi connectivity index (χ2v) is 15.7. The van der Waals surface area contributed by atoms with Gasteiger partial charge in [0.05, 0.1) is 44.5 Å². The summed E-state index contributed by atoms with van der Waals surface area (Å²) >= 11 is 0. The van der Waals surface area contributed by atoms with Crippen molar-refractivity contribution in [2.75, 3.05) is 38.9 Å². The largest absolute Gasteiger partial charge is 0.494 e. The van der Waals surface area contributed by atoms with Gasteiger partial charge in [-0.15, -0.1) is 0 Å². The van der Waals surface area contributed by atoms with Crippen LogP contribution in [0.5, 0.6) is 34.5 Å². The van der Waals surface area contributed by atoms with Crippen molar-refractivity contribution in [3.8, 4) is 34.5 Å². The fraction of sp³-hybridized carbons (Fsp3) is 0.255. The summed E-state index contributed by atoms with van der Waals surface area (Å²) in [7, 11) is 2.61. The summed E-state index contributed by atoms with van der Waals surface area (Å²) in [6.45, 7) is -0.346. The minimum atomic E-state index is -4.30. The van der Waals surface area contributed by atoms with Gasteiger partial charge in [-0.1, -0.05) is 24.3 Å². The van der Waals surface area contributed by atoms with Gasteiger partial charge in [-0.3, -0.25) is 9.59 Å². The second-order valence-electron chi connectivity index (χ2n) is 15.7. The summed E-state index contributed by atoms with van der Waals surface area (Å²) in [4.78, 5) is 52.9. The van der Waals surface area contributed by atoms with E-state index in [0.29, 0.717) is 11.1 Å². The maximum Gasteiger partial charge on any atom is 0.389 e.